The molecule has 6 nitrogen and oxygen atoms in total. The molecule has 0 amide bonds. The van der Waals surface area contributed by atoms with E-state index >= 15 is 0 Å². The SMILES string of the molecule is COc1cc(C2C3=C(CC(C)(C)CC3=O)Nc3ccc4ccccc4c32)ccc1OC(=O)c1cc[n+](C)cc1. The standard InChI is InChI=1S/C33H30N2O4/c1-33(2)18-25-31(26(36)19-33)29(30-23-8-6-5-7-20(23)9-11-24(30)34-25)22-10-12-27(28(17-22)38-4)39-32(37)21-13-15-35(3)16-14-21/h5-17,29H,18-19H2,1-4H3/p+1. The number of carbonyl (C=O) groups excluding carboxylic acids is 2. The van der Waals surface area contributed by atoms with Gasteiger partial charge in [0.2, 0.25) is 0 Å². The minimum Gasteiger partial charge on any atom is -0.493 e. The number of ketones is 1. The summed E-state index contributed by atoms with van der Waals surface area (Å²) in [5.41, 5.74) is 5.11. The van der Waals surface area contributed by atoms with Crippen molar-refractivity contribution in [3.63, 3.8) is 0 Å². The first kappa shape index (κ1) is 24.9. The molecule has 4 aromatic rings. The summed E-state index contributed by atoms with van der Waals surface area (Å²) in [6.45, 7) is 4.28. The minimum atomic E-state index is -0.463. The van der Waals surface area contributed by atoms with E-state index in [1.807, 2.05) is 35.9 Å². The number of benzene rings is 3. The first-order valence-electron chi connectivity index (χ1n) is 13.1. The second kappa shape index (κ2) is 9.38. The highest BCUT2D eigenvalue weighted by Crippen LogP contribution is 2.51. The van der Waals surface area contributed by atoms with E-state index < -0.39 is 5.97 Å². The Kier molecular flexibility index (Phi) is 5.98. The molecule has 0 bridgehead atoms. The number of esters is 1. The van der Waals surface area contributed by atoms with Gasteiger partial charge < -0.3 is 14.8 Å². The molecule has 3 aromatic carbocycles. The normalized spacial score (nSPS) is 17.7. The Morgan fingerprint density at radius 3 is 2.51 bits per heavy atom. The van der Waals surface area contributed by atoms with Crippen molar-refractivity contribution in [3.8, 4) is 11.5 Å². The minimum absolute atomic E-state index is 0.119. The summed E-state index contributed by atoms with van der Waals surface area (Å²) in [6, 6.07) is 21.5. The van der Waals surface area contributed by atoms with Gasteiger partial charge >= 0.3 is 5.97 Å². The molecule has 0 radical (unpaired) electrons. The summed E-state index contributed by atoms with van der Waals surface area (Å²) in [5, 5.41) is 5.84. The van der Waals surface area contributed by atoms with Crippen molar-refractivity contribution in [1.82, 2.24) is 0 Å². The largest absolute Gasteiger partial charge is 0.493 e. The lowest BCUT2D eigenvalue weighted by molar-refractivity contribution is -0.671. The smallest absolute Gasteiger partial charge is 0.344 e. The predicted molar refractivity (Wildman–Crippen MR) is 150 cm³/mol. The number of allylic oxidation sites excluding steroid dienone is 2. The molecule has 1 aromatic heterocycles. The average molecular weight is 520 g/mol. The number of Topliss-reactive ketones (excluding diaryl/α,β-unsaturated/α-hetero) is 1. The fourth-order valence-electron chi connectivity index (χ4n) is 5.88. The lowest BCUT2D eigenvalue weighted by atomic mass is 9.68. The van der Waals surface area contributed by atoms with Crippen molar-refractivity contribution < 1.29 is 23.6 Å². The van der Waals surface area contributed by atoms with Gasteiger partial charge in [0.25, 0.3) is 0 Å². The number of hydrogen-bond acceptors (Lipinski definition) is 5. The number of methoxy groups -OCH3 is 1. The van der Waals surface area contributed by atoms with E-state index in [-0.39, 0.29) is 17.1 Å². The molecule has 1 unspecified atom stereocenters. The Balaban J connectivity index is 1.47. The molecular formula is C33H31N2O4+. The van der Waals surface area contributed by atoms with Crippen LogP contribution in [0.5, 0.6) is 11.5 Å². The third kappa shape index (κ3) is 4.46. The van der Waals surface area contributed by atoms with Gasteiger partial charge in [-0.2, -0.15) is 0 Å². The highest BCUT2D eigenvalue weighted by molar-refractivity contribution is 6.04. The van der Waals surface area contributed by atoms with E-state index in [2.05, 4.69) is 43.4 Å². The maximum atomic E-state index is 13.7. The lowest BCUT2D eigenvalue weighted by Gasteiger charge is -2.40. The van der Waals surface area contributed by atoms with Crippen LogP contribution < -0.4 is 19.4 Å². The number of aryl methyl sites for hydroxylation is 1. The van der Waals surface area contributed by atoms with Crippen LogP contribution in [0.1, 0.15) is 54.1 Å². The zero-order chi connectivity index (χ0) is 27.3. The summed E-state index contributed by atoms with van der Waals surface area (Å²) in [6.07, 6.45) is 4.87. The van der Waals surface area contributed by atoms with Crippen LogP contribution in [0.25, 0.3) is 10.8 Å². The monoisotopic (exact) mass is 519 g/mol. The molecule has 6 rings (SSSR count). The third-order valence-electron chi connectivity index (χ3n) is 7.69. The molecule has 0 spiro atoms. The van der Waals surface area contributed by atoms with E-state index in [0.29, 0.717) is 23.5 Å². The molecule has 1 N–H and O–H groups in total. The quantitative estimate of drug-likeness (QED) is 0.201. The van der Waals surface area contributed by atoms with Crippen molar-refractivity contribution in [3.05, 3.63) is 107 Å². The van der Waals surface area contributed by atoms with Crippen LogP contribution in [0, 0.1) is 5.41 Å². The van der Waals surface area contributed by atoms with Crippen LogP contribution >= 0.6 is 0 Å². The maximum absolute atomic E-state index is 13.7. The van der Waals surface area contributed by atoms with Gasteiger partial charge in [0, 0.05) is 41.4 Å². The first-order valence-corrected chi connectivity index (χ1v) is 13.1. The molecule has 0 fully saturated rings. The molecule has 39 heavy (non-hydrogen) atoms. The number of fused-ring (bicyclic) bond motifs is 3. The Hall–Kier alpha value is -4.45. The van der Waals surface area contributed by atoms with E-state index in [1.54, 1.807) is 37.7 Å². The predicted octanol–water partition coefficient (Wildman–Crippen LogP) is 6.09. The number of carbonyl (C=O) groups is 2. The summed E-state index contributed by atoms with van der Waals surface area (Å²) in [5.74, 6) is 0.183. The van der Waals surface area contributed by atoms with Crippen molar-refractivity contribution in [1.29, 1.82) is 0 Å². The Bertz CT molecular complexity index is 1670. The number of pyridine rings is 1. The number of anilines is 1. The number of ether oxygens (including phenoxy) is 2. The Morgan fingerprint density at radius 1 is 0.974 bits per heavy atom. The zero-order valence-corrected chi connectivity index (χ0v) is 22.6. The van der Waals surface area contributed by atoms with E-state index in [4.69, 9.17) is 9.47 Å². The summed E-state index contributed by atoms with van der Waals surface area (Å²) < 4.78 is 13.3. The number of rotatable bonds is 4. The lowest BCUT2D eigenvalue weighted by Crippen LogP contribution is -2.33. The molecule has 1 atom stereocenters. The van der Waals surface area contributed by atoms with Crippen molar-refractivity contribution in [2.24, 2.45) is 12.5 Å². The van der Waals surface area contributed by atoms with Gasteiger partial charge in [-0.05, 0) is 51.9 Å². The average Bonchev–Trinajstić information content (AvgIpc) is 2.91. The number of aromatic nitrogens is 1. The van der Waals surface area contributed by atoms with Gasteiger partial charge in [-0.25, -0.2) is 9.36 Å². The van der Waals surface area contributed by atoms with E-state index in [1.165, 1.54) is 0 Å². The maximum Gasteiger partial charge on any atom is 0.344 e. The van der Waals surface area contributed by atoms with Gasteiger partial charge in [0.05, 0.1) is 12.7 Å². The fourth-order valence-corrected chi connectivity index (χ4v) is 5.88. The second-order valence-electron chi connectivity index (χ2n) is 11.2. The molecular weight excluding hydrogens is 488 g/mol. The number of nitrogens with one attached hydrogen (secondary N) is 1. The topological polar surface area (TPSA) is 68.5 Å². The highest BCUT2D eigenvalue weighted by atomic mass is 16.6. The van der Waals surface area contributed by atoms with Gasteiger partial charge in [-0.3, -0.25) is 4.79 Å². The van der Waals surface area contributed by atoms with E-state index in [9.17, 15) is 9.59 Å². The summed E-state index contributed by atoms with van der Waals surface area (Å²) in [7, 11) is 3.45. The van der Waals surface area contributed by atoms with Crippen LogP contribution in [0.4, 0.5) is 5.69 Å². The van der Waals surface area contributed by atoms with Crippen LogP contribution in [-0.4, -0.2) is 18.9 Å². The second-order valence-corrected chi connectivity index (χ2v) is 11.2. The van der Waals surface area contributed by atoms with Crippen molar-refractivity contribution in [2.45, 2.75) is 32.6 Å². The van der Waals surface area contributed by atoms with Crippen LogP contribution in [0.2, 0.25) is 0 Å². The molecule has 196 valence electrons. The van der Waals surface area contributed by atoms with Crippen LogP contribution in [0.15, 0.2) is 90.4 Å². The molecule has 6 heteroatoms. The molecule has 0 saturated heterocycles. The zero-order valence-electron chi connectivity index (χ0n) is 22.6. The third-order valence-corrected chi connectivity index (χ3v) is 7.69. The van der Waals surface area contributed by atoms with Crippen LogP contribution in [-0.2, 0) is 11.8 Å². The Morgan fingerprint density at radius 2 is 1.74 bits per heavy atom. The first-order chi connectivity index (χ1) is 18.7. The highest BCUT2D eigenvalue weighted by Gasteiger charge is 2.41. The fraction of sp³-hybridized carbons (Fsp3) is 0.242. The molecule has 2 heterocycles. The summed E-state index contributed by atoms with van der Waals surface area (Å²) >= 11 is 0. The number of hydrogen-bond donors (Lipinski definition) is 1. The molecule has 2 aliphatic rings. The summed E-state index contributed by atoms with van der Waals surface area (Å²) in [4.78, 5) is 26.6. The van der Waals surface area contributed by atoms with Crippen LogP contribution in [0.3, 0.4) is 0 Å². The van der Waals surface area contributed by atoms with E-state index in [0.717, 1.165) is 45.3 Å². The number of nitrogens with zero attached hydrogens (tertiary/aromatic N) is 1. The molecule has 1 aliphatic carbocycles. The van der Waals surface area contributed by atoms with Gasteiger partial charge in [-0.1, -0.05) is 50.2 Å². The molecule has 1 aliphatic heterocycles. The van der Waals surface area contributed by atoms with Gasteiger partial charge in [0.15, 0.2) is 29.7 Å². The van der Waals surface area contributed by atoms with Crippen molar-refractivity contribution in [2.75, 3.05) is 12.4 Å². The van der Waals surface area contributed by atoms with Gasteiger partial charge in [0.1, 0.15) is 7.05 Å². The Labute approximate surface area is 227 Å². The molecule has 0 saturated carbocycles. The van der Waals surface area contributed by atoms with Crippen molar-refractivity contribution >= 4 is 28.2 Å². The van der Waals surface area contributed by atoms with Gasteiger partial charge in [-0.15, -0.1) is 0 Å².